The van der Waals surface area contributed by atoms with Crippen molar-refractivity contribution < 1.29 is 4.74 Å². The molecule has 0 N–H and O–H groups in total. The zero-order valence-electron chi connectivity index (χ0n) is 7.85. The van der Waals surface area contributed by atoms with Crippen molar-refractivity contribution in [2.45, 2.75) is 13.0 Å². The van der Waals surface area contributed by atoms with Crippen molar-refractivity contribution in [3.63, 3.8) is 0 Å². The minimum absolute atomic E-state index is 0.275. The molecule has 1 fully saturated rings. The maximum atomic E-state index is 4.95. The molecule has 0 aromatic heterocycles. The van der Waals surface area contributed by atoms with Gasteiger partial charge >= 0.3 is 0 Å². The van der Waals surface area contributed by atoms with E-state index in [4.69, 9.17) is 4.74 Å². The summed E-state index contributed by atoms with van der Waals surface area (Å²) in [6.07, 6.45) is 3.92. The number of hydrogen-bond acceptors (Lipinski definition) is 1. The van der Waals surface area contributed by atoms with Crippen LogP contribution in [0.4, 0.5) is 0 Å². The number of epoxide rings is 1. The fourth-order valence-electron chi connectivity index (χ4n) is 0.587. The Morgan fingerprint density at radius 3 is 2.36 bits per heavy atom. The summed E-state index contributed by atoms with van der Waals surface area (Å²) in [5.74, 6) is 20.9. The third-order valence-electron chi connectivity index (χ3n) is 1.26. The lowest BCUT2D eigenvalue weighted by Gasteiger charge is -1.67. The zero-order chi connectivity index (χ0) is 10.1. The first-order chi connectivity index (χ1) is 6.93. The standard InChI is InChI=1S/C13H8O/c1-2-3-4-5-6-7-8-9-10-11-13-12-14-13/h10-11,13H,12H2,1H3. The van der Waals surface area contributed by atoms with Gasteiger partial charge in [-0.2, -0.15) is 0 Å². The van der Waals surface area contributed by atoms with E-state index in [1.165, 1.54) is 0 Å². The highest BCUT2D eigenvalue weighted by Gasteiger charge is 2.17. The van der Waals surface area contributed by atoms with Gasteiger partial charge in [0.1, 0.15) is 0 Å². The van der Waals surface area contributed by atoms with Crippen LogP contribution in [0.5, 0.6) is 0 Å². The van der Waals surface area contributed by atoms with Crippen LogP contribution in [0.1, 0.15) is 6.92 Å². The molecule has 1 atom stereocenters. The Labute approximate surface area is 84.5 Å². The molecule has 1 unspecified atom stereocenters. The van der Waals surface area contributed by atoms with Gasteiger partial charge in [0.2, 0.25) is 0 Å². The van der Waals surface area contributed by atoms with Crippen LogP contribution in [0, 0.1) is 47.4 Å². The van der Waals surface area contributed by atoms with Crippen LogP contribution in [0.25, 0.3) is 0 Å². The Bertz CT molecular complexity index is 448. The van der Waals surface area contributed by atoms with Crippen molar-refractivity contribution in [1.82, 2.24) is 0 Å². The molecule has 1 saturated heterocycles. The fourth-order valence-corrected chi connectivity index (χ4v) is 0.587. The van der Waals surface area contributed by atoms with E-state index >= 15 is 0 Å². The Morgan fingerprint density at radius 2 is 1.71 bits per heavy atom. The molecule has 0 radical (unpaired) electrons. The normalized spacial score (nSPS) is 15.9. The predicted molar refractivity (Wildman–Crippen MR) is 55.7 cm³/mol. The van der Waals surface area contributed by atoms with Crippen LogP contribution in [0.15, 0.2) is 12.2 Å². The monoisotopic (exact) mass is 180 g/mol. The van der Waals surface area contributed by atoms with Gasteiger partial charge in [-0.1, -0.05) is 11.8 Å². The van der Waals surface area contributed by atoms with E-state index < -0.39 is 0 Å². The Balaban J connectivity index is 2.29. The summed E-state index contributed by atoms with van der Waals surface area (Å²) in [5, 5.41) is 0. The minimum Gasteiger partial charge on any atom is -0.369 e. The Kier molecular flexibility index (Phi) is 4.62. The molecule has 0 bridgehead atoms. The summed E-state index contributed by atoms with van der Waals surface area (Å²) in [6.45, 7) is 2.54. The molecule has 0 aromatic carbocycles. The molecule has 66 valence electrons. The summed E-state index contributed by atoms with van der Waals surface area (Å²) in [6, 6.07) is 0. The first-order valence-electron chi connectivity index (χ1n) is 4.14. The summed E-state index contributed by atoms with van der Waals surface area (Å²) in [7, 11) is 0. The van der Waals surface area contributed by atoms with Crippen LogP contribution < -0.4 is 0 Å². The molecule has 0 spiro atoms. The van der Waals surface area contributed by atoms with Crippen molar-refractivity contribution >= 4 is 0 Å². The number of allylic oxidation sites excluding steroid dienone is 1. The second kappa shape index (κ2) is 6.46. The summed E-state index contributed by atoms with van der Waals surface area (Å²) >= 11 is 0. The van der Waals surface area contributed by atoms with E-state index in [2.05, 4.69) is 47.4 Å². The largest absolute Gasteiger partial charge is 0.369 e. The van der Waals surface area contributed by atoms with Crippen LogP contribution in [0.2, 0.25) is 0 Å². The highest BCUT2D eigenvalue weighted by Crippen LogP contribution is 2.08. The van der Waals surface area contributed by atoms with E-state index in [1.54, 1.807) is 13.0 Å². The molecule has 0 saturated carbocycles. The minimum atomic E-state index is 0.275. The van der Waals surface area contributed by atoms with Gasteiger partial charge in [-0.25, -0.2) is 0 Å². The van der Waals surface area contributed by atoms with E-state index in [1.807, 2.05) is 6.08 Å². The molecule has 1 rings (SSSR count). The SMILES string of the molecule is CC#CC#CC#CC#CC=CC1CO1. The first-order valence-corrected chi connectivity index (χ1v) is 4.14. The lowest BCUT2D eigenvalue weighted by atomic mass is 10.4. The Hall–Kier alpha value is -2.06. The second-order valence-electron chi connectivity index (χ2n) is 2.38. The van der Waals surface area contributed by atoms with Crippen LogP contribution in [-0.2, 0) is 4.74 Å². The highest BCUT2D eigenvalue weighted by atomic mass is 16.6. The van der Waals surface area contributed by atoms with Gasteiger partial charge in [0.25, 0.3) is 0 Å². The molecule has 0 amide bonds. The molecule has 1 nitrogen and oxygen atoms in total. The van der Waals surface area contributed by atoms with Crippen molar-refractivity contribution in [1.29, 1.82) is 0 Å². The van der Waals surface area contributed by atoms with Gasteiger partial charge in [-0.15, -0.1) is 0 Å². The van der Waals surface area contributed by atoms with Gasteiger partial charge in [-0.3, -0.25) is 0 Å². The van der Waals surface area contributed by atoms with Crippen molar-refractivity contribution in [2.24, 2.45) is 0 Å². The van der Waals surface area contributed by atoms with Crippen LogP contribution in [-0.4, -0.2) is 12.7 Å². The third kappa shape index (κ3) is 5.57. The van der Waals surface area contributed by atoms with Crippen molar-refractivity contribution in [2.75, 3.05) is 6.61 Å². The molecule has 1 heterocycles. The highest BCUT2D eigenvalue weighted by molar-refractivity contribution is 5.41. The average Bonchev–Trinajstić information content (AvgIpc) is 2.99. The van der Waals surface area contributed by atoms with Gasteiger partial charge in [-0.05, 0) is 54.6 Å². The molecule has 14 heavy (non-hydrogen) atoms. The van der Waals surface area contributed by atoms with Gasteiger partial charge in [0.05, 0.1) is 12.7 Å². The number of rotatable bonds is 1. The maximum Gasteiger partial charge on any atom is 0.1000 e. The summed E-state index contributed by atoms with van der Waals surface area (Å²) < 4.78 is 4.95. The van der Waals surface area contributed by atoms with E-state index in [-0.39, 0.29) is 6.10 Å². The van der Waals surface area contributed by atoms with Gasteiger partial charge in [0, 0.05) is 0 Å². The lowest BCUT2D eigenvalue weighted by molar-refractivity contribution is 0.440. The van der Waals surface area contributed by atoms with Gasteiger partial charge < -0.3 is 4.74 Å². The fraction of sp³-hybridized carbons (Fsp3) is 0.231. The van der Waals surface area contributed by atoms with E-state index in [0.717, 1.165) is 6.61 Å². The third-order valence-corrected chi connectivity index (χ3v) is 1.26. The van der Waals surface area contributed by atoms with Crippen molar-refractivity contribution in [3.05, 3.63) is 12.2 Å². The molecule has 1 aliphatic heterocycles. The molecule has 1 aliphatic rings. The number of hydrogen-bond donors (Lipinski definition) is 0. The van der Waals surface area contributed by atoms with E-state index in [9.17, 15) is 0 Å². The van der Waals surface area contributed by atoms with E-state index in [0.29, 0.717) is 0 Å². The molecule has 0 aliphatic carbocycles. The molecule has 0 aromatic rings. The predicted octanol–water partition coefficient (Wildman–Crippen LogP) is 0.975. The summed E-state index contributed by atoms with van der Waals surface area (Å²) in [4.78, 5) is 0. The second-order valence-corrected chi connectivity index (χ2v) is 2.38. The first kappa shape index (κ1) is 10.0. The van der Waals surface area contributed by atoms with Crippen LogP contribution >= 0.6 is 0 Å². The molecule has 1 heteroatoms. The lowest BCUT2D eigenvalue weighted by Crippen LogP contribution is -1.70. The smallest absolute Gasteiger partial charge is 0.1000 e. The average molecular weight is 180 g/mol. The van der Waals surface area contributed by atoms with Gasteiger partial charge in [0.15, 0.2) is 0 Å². The summed E-state index contributed by atoms with van der Waals surface area (Å²) in [5.41, 5.74) is 0. The maximum absolute atomic E-state index is 4.95. The topological polar surface area (TPSA) is 12.5 Å². The van der Waals surface area contributed by atoms with Crippen LogP contribution in [0.3, 0.4) is 0 Å². The Morgan fingerprint density at radius 1 is 1.07 bits per heavy atom. The number of ether oxygens (including phenoxy) is 1. The molecular weight excluding hydrogens is 172 g/mol. The quantitative estimate of drug-likeness (QED) is 0.433. The zero-order valence-corrected chi connectivity index (χ0v) is 7.85. The molecular formula is C13H8O. The van der Waals surface area contributed by atoms with Crippen molar-refractivity contribution in [3.8, 4) is 47.4 Å².